The Morgan fingerprint density at radius 2 is 1.90 bits per heavy atom. The molecule has 0 aliphatic rings. The normalized spacial score (nSPS) is 12.1. The van der Waals surface area contributed by atoms with Gasteiger partial charge in [0.15, 0.2) is 0 Å². The fourth-order valence-electron chi connectivity index (χ4n) is 2.22. The zero-order valence-electron chi connectivity index (χ0n) is 12.6. The summed E-state index contributed by atoms with van der Waals surface area (Å²) in [5.41, 5.74) is 2.44. The summed E-state index contributed by atoms with van der Waals surface area (Å²) in [5.74, 6) is 0.833. The van der Waals surface area contributed by atoms with Crippen molar-refractivity contribution in [2.45, 2.75) is 25.8 Å². The van der Waals surface area contributed by atoms with E-state index in [1.54, 1.807) is 0 Å². The quantitative estimate of drug-likeness (QED) is 0.753. The molecule has 112 valence electrons. The minimum atomic E-state index is 0.240. The number of halogens is 1. The predicted molar refractivity (Wildman–Crippen MR) is 89.2 cm³/mol. The lowest BCUT2D eigenvalue weighted by molar-refractivity contribution is 0.311. The van der Waals surface area contributed by atoms with Gasteiger partial charge in [-0.15, -0.1) is 0 Å². The van der Waals surface area contributed by atoms with Crippen molar-refractivity contribution >= 4 is 11.6 Å². The van der Waals surface area contributed by atoms with Gasteiger partial charge in [0.2, 0.25) is 0 Å². The first kappa shape index (κ1) is 15.9. The molecular weight excluding hydrogens is 282 g/mol. The molecule has 2 rings (SSSR count). The highest BCUT2D eigenvalue weighted by atomic mass is 35.5. The number of ether oxygens (including phenoxy) is 1. The molecule has 0 saturated heterocycles. The van der Waals surface area contributed by atoms with Crippen LogP contribution in [-0.4, -0.2) is 13.7 Å². The van der Waals surface area contributed by atoms with Crippen molar-refractivity contribution in [2.24, 2.45) is 0 Å². The number of hydrogen-bond donors (Lipinski definition) is 1. The van der Waals surface area contributed by atoms with E-state index in [1.165, 1.54) is 5.56 Å². The summed E-state index contributed by atoms with van der Waals surface area (Å²) >= 11 is 6.29. The highest BCUT2D eigenvalue weighted by molar-refractivity contribution is 6.31. The van der Waals surface area contributed by atoms with E-state index in [2.05, 4.69) is 36.5 Å². The number of aryl methyl sites for hydroxylation is 1. The van der Waals surface area contributed by atoms with Gasteiger partial charge >= 0.3 is 0 Å². The van der Waals surface area contributed by atoms with Crippen molar-refractivity contribution in [3.63, 3.8) is 0 Å². The minimum absolute atomic E-state index is 0.240. The van der Waals surface area contributed by atoms with Gasteiger partial charge in [-0.25, -0.2) is 0 Å². The van der Waals surface area contributed by atoms with Crippen LogP contribution in [0.15, 0.2) is 48.5 Å². The zero-order chi connectivity index (χ0) is 15.1. The molecule has 0 radical (unpaired) electrons. The predicted octanol–water partition coefficient (Wildman–Crippen LogP) is 4.63. The van der Waals surface area contributed by atoms with E-state index in [0.717, 1.165) is 29.2 Å². The summed E-state index contributed by atoms with van der Waals surface area (Å²) in [6, 6.07) is 16.6. The van der Waals surface area contributed by atoms with Crippen LogP contribution in [0, 0.1) is 0 Å². The van der Waals surface area contributed by atoms with Crippen LogP contribution in [0.2, 0.25) is 5.02 Å². The number of hydrogen-bond acceptors (Lipinski definition) is 2. The summed E-state index contributed by atoms with van der Waals surface area (Å²) in [6.45, 7) is 2.79. The van der Waals surface area contributed by atoms with Crippen LogP contribution < -0.4 is 10.1 Å². The van der Waals surface area contributed by atoms with Gasteiger partial charge in [0.05, 0.1) is 6.61 Å². The second-order valence-electron chi connectivity index (χ2n) is 5.13. The Bertz CT molecular complexity index is 556. The fourth-order valence-corrected chi connectivity index (χ4v) is 2.55. The standard InChI is InChI=1S/C18H22ClNO/c1-14(20-2)17-11-10-16(13-18(17)19)21-12-6-9-15-7-4-3-5-8-15/h3-5,7-8,10-11,13-14,20H,6,9,12H2,1-2H3. The topological polar surface area (TPSA) is 21.3 Å². The van der Waals surface area contributed by atoms with Crippen LogP contribution >= 0.6 is 11.6 Å². The molecule has 1 unspecified atom stereocenters. The first-order chi connectivity index (χ1) is 10.2. The van der Waals surface area contributed by atoms with Gasteiger partial charge in [0.1, 0.15) is 5.75 Å². The van der Waals surface area contributed by atoms with Crippen molar-refractivity contribution < 1.29 is 4.74 Å². The Morgan fingerprint density at radius 1 is 1.14 bits per heavy atom. The third kappa shape index (κ3) is 4.76. The van der Waals surface area contributed by atoms with E-state index >= 15 is 0 Å². The highest BCUT2D eigenvalue weighted by Gasteiger charge is 2.08. The second kappa shape index (κ2) is 8.06. The Balaban J connectivity index is 1.82. The molecule has 0 bridgehead atoms. The summed E-state index contributed by atoms with van der Waals surface area (Å²) < 4.78 is 5.77. The Hall–Kier alpha value is -1.51. The van der Waals surface area contributed by atoms with Gasteiger partial charge in [-0.2, -0.15) is 0 Å². The molecule has 0 spiro atoms. The van der Waals surface area contributed by atoms with Crippen LogP contribution in [0.5, 0.6) is 5.75 Å². The van der Waals surface area contributed by atoms with Crippen molar-refractivity contribution in [3.8, 4) is 5.75 Å². The maximum absolute atomic E-state index is 6.29. The maximum Gasteiger partial charge on any atom is 0.120 e. The molecule has 0 amide bonds. The van der Waals surface area contributed by atoms with Crippen molar-refractivity contribution in [3.05, 3.63) is 64.7 Å². The lowest BCUT2D eigenvalue weighted by atomic mass is 10.1. The lowest BCUT2D eigenvalue weighted by Crippen LogP contribution is -2.12. The molecule has 21 heavy (non-hydrogen) atoms. The van der Waals surface area contributed by atoms with Crippen molar-refractivity contribution in [1.29, 1.82) is 0 Å². The Labute approximate surface area is 132 Å². The van der Waals surface area contributed by atoms with E-state index in [1.807, 2.05) is 31.3 Å². The summed E-state index contributed by atoms with van der Waals surface area (Å²) in [4.78, 5) is 0. The van der Waals surface area contributed by atoms with E-state index in [0.29, 0.717) is 6.61 Å². The van der Waals surface area contributed by atoms with Crippen LogP contribution in [0.25, 0.3) is 0 Å². The molecule has 0 aromatic heterocycles. The van der Waals surface area contributed by atoms with Crippen molar-refractivity contribution in [2.75, 3.05) is 13.7 Å². The number of nitrogens with one attached hydrogen (secondary N) is 1. The second-order valence-corrected chi connectivity index (χ2v) is 5.54. The molecule has 1 N–H and O–H groups in total. The third-order valence-corrected chi connectivity index (χ3v) is 3.92. The monoisotopic (exact) mass is 303 g/mol. The SMILES string of the molecule is CNC(C)c1ccc(OCCCc2ccccc2)cc1Cl. The van der Waals surface area contributed by atoms with Crippen LogP contribution in [0.4, 0.5) is 0 Å². The molecular formula is C18H22ClNO. The maximum atomic E-state index is 6.29. The van der Waals surface area contributed by atoms with Gasteiger partial charge in [0.25, 0.3) is 0 Å². The van der Waals surface area contributed by atoms with Crippen LogP contribution in [0.1, 0.15) is 30.5 Å². The summed E-state index contributed by atoms with van der Waals surface area (Å²) in [5, 5.41) is 3.93. The van der Waals surface area contributed by atoms with E-state index in [4.69, 9.17) is 16.3 Å². The summed E-state index contributed by atoms with van der Waals surface area (Å²) in [6.07, 6.45) is 2.03. The highest BCUT2D eigenvalue weighted by Crippen LogP contribution is 2.27. The molecule has 0 aliphatic carbocycles. The van der Waals surface area contributed by atoms with Gasteiger partial charge in [-0.1, -0.05) is 48.0 Å². The minimum Gasteiger partial charge on any atom is -0.494 e. The van der Waals surface area contributed by atoms with E-state index in [9.17, 15) is 0 Å². The van der Waals surface area contributed by atoms with E-state index < -0.39 is 0 Å². The third-order valence-electron chi connectivity index (χ3n) is 3.59. The molecule has 0 fully saturated rings. The molecule has 2 nitrogen and oxygen atoms in total. The van der Waals surface area contributed by atoms with Crippen LogP contribution in [0.3, 0.4) is 0 Å². The average Bonchev–Trinajstić information content (AvgIpc) is 2.52. The first-order valence-corrected chi connectivity index (χ1v) is 7.72. The molecule has 1 atom stereocenters. The molecule has 3 heteroatoms. The van der Waals surface area contributed by atoms with Gasteiger partial charge in [-0.05, 0) is 50.1 Å². The lowest BCUT2D eigenvalue weighted by Gasteiger charge is -2.14. The molecule has 2 aromatic carbocycles. The Kier molecular flexibility index (Phi) is 6.09. The molecule has 0 heterocycles. The summed E-state index contributed by atoms with van der Waals surface area (Å²) in [7, 11) is 1.93. The number of rotatable bonds is 7. The van der Waals surface area contributed by atoms with E-state index in [-0.39, 0.29) is 6.04 Å². The zero-order valence-corrected chi connectivity index (χ0v) is 13.4. The largest absolute Gasteiger partial charge is 0.494 e. The first-order valence-electron chi connectivity index (χ1n) is 7.34. The average molecular weight is 304 g/mol. The smallest absolute Gasteiger partial charge is 0.120 e. The Morgan fingerprint density at radius 3 is 2.57 bits per heavy atom. The van der Waals surface area contributed by atoms with Crippen LogP contribution in [-0.2, 0) is 6.42 Å². The molecule has 0 saturated carbocycles. The fraction of sp³-hybridized carbons (Fsp3) is 0.333. The number of benzene rings is 2. The van der Waals surface area contributed by atoms with Gasteiger partial charge < -0.3 is 10.1 Å². The van der Waals surface area contributed by atoms with Crippen molar-refractivity contribution in [1.82, 2.24) is 5.32 Å². The molecule has 2 aromatic rings. The molecule has 0 aliphatic heterocycles. The van der Waals surface area contributed by atoms with Gasteiger partial charge in [-0.3, -0.25) is 0 Å². The van der Waals surface area contributed by atoms with Gasteiger partial charge in [0, 0.05) is 11.1 Å².